The molecule has 1 rings (SSSR count). The molecule has 14 heavy (non-hydrogen) atoms. The Bertz CT molecular complexity index is 342. The minimum absolute atomic E-state index is 0.0435. The van der Waals surface area contributed by atoms with Crippen molar-refractivity contribution in [2.24, 2.45) is 5.92 Å². The standard InChI is InChI=1S/C10H18O3S/c1-6-7-10(5)8(2)9(3,4)13-14(10,11)12/h6,8H,1,7H2,2-5H3. The fraction of sp³-hybridized carbons (Fsp3) is 0.800. The lowest BCUT2D eigenvalue weighted by atomic mass is 9.80. The van der Waals surface area contributed by atoms with Gasteiger partial charge in [0.15, 0.2) is 0 Å². The monoisotopic (exact) mass is 218 g/mol. The first-order chi connectivity index (χ1) is 6.17. The summed E-state index contributed by atoms with van der Waals surface area (Å²) < 4.78 is 28.0. The summed E-state index contributed by atoms with van der Waals surface area (Å²) in [6.07, 6.45) is 2.07. The summed E-state index contributed by atoms with van der Waals surface area (Å²) in [5, 5.41) is 0. The Balaban J connectivity index is 3.24. The van der Waals surface area contributed by atoms with Crippen molar-refractivity contribution in [2.75, 3.05) is 0 Å². The molecule has 3 nitrogen and oxygen atoms in total. The average Bonchev–Trinajstić information content (AvgIpc) is 2.10. The average molecular weight is 218 g/mol. The van der Waals surface area contributed by atoms with Gasteiger partial charge in [-0.15, -0.1) is 6.58 Å². The molecule has 0 aromatic carbocycles. The third-order valence-corrected chi connectivity index (χ3v) is 5.72. The smallest absolute Gasteiger partial charge is 0.263 e. The van der Waals surface area contributed by atoms with Crippen LogP contribution in [0.4, 0.5) is 0 Å². The van der Waals surface area contributed by atoms with Crippen LogP contribution in [0.15, 0.2) is 12.7 Å². The van der Waals surface area contributed by atoms with Gasteiger partial charge in [-0.1, -0.05) is 13.0 Å². The van der Waals surface area contributed by atoms with E-state index in [0.717, 1.165) is 0 Å². The molecule has 0 amide bonds. The van der Waals surface area contributed by atoms with Crippen molar-refractivity contribution in [3.63, 3.8) is 0 Å². The van der Waals surface area contributed by atoms with Gasteiger partial charge >= 0.3 is 0 Å². The predicted molar refractivity (Wildman–Crippen MR) is 56.5 cm³/mol. The Morgan fingerprint density at radius 2 is 1.93 bits per heavy atom. The summed E-state index contributed by atoms with van der Waals surface area (Å²) in [5.74, 6) is -0.0435. The van der Waals surface area contributed by atoms with Crippen LogP contribution in [0.2, 0.25) is 0 Å². The highest BCUT2D eigenvalue weighted by Crippen LogP contribution is 2.47. The van der Waals surface area contributed by atoms with E-state index in [0.29, 0.717) is 6.42 Å². The lowest BCUT2D eigenvalue weighted by Gasteiger charge is -2.28. The first kappa shape index (κ1) is 11.7. The van der Waals surface area contributed by atoms with Crippen molar-refractivity contribution in [1.82, 2.24) is 0 Å². The number of rotatable bonds is 2. The summed E-state index contributed by atoms with van der Waals surface area (Å²) in [6.45, 7) is 10.9. The number of hydrogen-bond donors (Lipinski definition) is 0. The van der Waals surface area contributed by atoms with Crippen molar-refractivity contribution in [3.8, 4) is 0 Å². The van der Waals surface area contributed by atoms with Gasteiger partial charge < -0.3 is 0 Å². The van der Waals surface area contributed by atoms with Crippen LogP contribution in [0.5, 0.6) is 0 Å². The Morgan fingerprint density at radius 1 is 1.43 bits per heavy atom. The summed E-state index contributed by atoms with van der Waals surface area (Å²) in [5.41, 5.74) is -0.614. The van der Waals surface area contributed by atoms with Gasteiger partial charge in [-0.05, 0) is 27.2 Å². The maximum Gasteiger partial charge on any atom is 0.274 e. The van der Waals surface area contributed by atoms with E-state index in [1.807, 2.05) is 20.8 Å². The second-order valence-corrected chi connectivity index (χ2v) is 6.68. The fourth-order valence-electron chi connectivity index (χ4n) is 1.97. The van der Waals surface area contributed by atoms with Crippen LogP contribution in [0, 0.1) is 5.92 Å². The van der Waals surface area contributed by atoms with Gasteiger partial charge in [-0.25, -0.2) is 0 Å². The van der Waals surface area contributed by atoms with Gasteiger partial charge in [0.2, 0.25) is 0 Å². The van der Waals surface area contributed by atoms with E-state index >= 15 is 0 Å². The lowest BCUT2D eigenvalue weighted by Crippen LogP contribution is -2.39. The van der Waals surface area contributed by atoms with Crippen molar-refractivity contribution < 1.29 is 12.6 Å². The minimum atomic E-state index is -3.48. The van der Waals surface area contributed by atoms with Crippen LogP contribution in [-0.2, 0) is 14.3 Å². The number of hydrogen-bond acceptors (Lipinski definition) is 3. The molecule has 0 N–H and O–H groups in total. The molecule has 4 heteroatoms. The van der Waals surface area contributed by atoms with Crippen molar-refractivity contribution in [2.45, 2.75) is 44.5 Å². The zero-order chi connectivity index (χ0) is 11.2. The van der Waals surface area contributed by atoms with Crippen molar-refractivity contribution >= 4 is 10.1 Å². The van der Waals surface area contributed by atoms with E-state index in [9.17, 15) is 8.42 Å². The molecule has 0 saturated carbocycles. The summed E-state index contributed by atoms with van der Waals surface area (Å²) in [4.78, 5) is 0. The fourth-order valence-corrected chi connectivity index (χ4v) is 3.91. The highest BCUT2D eigenvalue weighted by atomic mass is 32.2. The van der Waals surface area contributed by atoms with E-state index in [1.54, 1.807) is 13.0 Å². The second kappa shape index (κ2) is 3.07. The predicted octanol–water partition coefficient (Wildman–Crippen LogP) is 2.10. The highest BCUT2D eigenvalue weighted by Gasteiger charge is 2.58. The van der Waals surface area contributed by atoms with Gasteiger partial charge in [0.25, 0.3) is 10.1 Å². The Morgan fingerprint density at radius 3 is 2.21 bits per heavy atom. The van der Waals surface area contributed by atoms with E-state index in [2.05, 4.69) is 6.58 Å². The molecular formula is C10H18O3S. The second-order valence-electron chi connectivity index (χ2n) is 4.67. The zero-order valence-electron chi connectivity index (χ0n) is 9.20. The summed E-state index contributed by atoms with van der Waals surface area (Å²) in [7, 11) is -3.48. The molecule has 82 valence electrons. The lowest BCUT2D eigenvalue weighted by molar-refractivity contribution is 0.0872. The summed E-state index contributed by atoms with van der Waals surface area (Å²) >= 11 is 0. The largest absolute Gasteiger partial charge is 0.274 e. The zero-order valence-corrected chi connectivity index (χ0v) is 10.0. The molecule has 0 aromatic rings. The molecule has 0 aromatic heterocycles. The van der Waals surface area contributed by atoms with Crippen LogP contribution in [0.1, 0.15) is 34.1 Å². The molecule has 2 atom stereocenters. The van der Waals surface area contributed by atoms with Crippen molar-refractivity contribution in [3.05, 3.63) is 12.7 Å². The van der Waals surface area contributed by atoms with E-state index < -0.39 is 20.5 Å². The van der Waals surface area contributed by atoms with Gasteiger partial charge in [-0.2, -0.15) is 8.42 Å². The Labute approximate surface area is 86.3 Å². The minimum Gasteiger partial charge on any atom is -0.263 e. The maximum absolute atomic E-state index is 11.8. The van der Waals surface area contributed by atoms with E-state index in [-0.39, 0.29) is 5.92 Å². The molecule has 1 heterocycles. The normalized spacial score (nSPS) is 39.6. The molecule has 0 spiro atoms. The molecule has 1 fully saturated rings. The van der Waals surface area contributed by atoms with Crippen LogP contribution in [-0.4, -0.2) is 18.8 Å². The third-order valence-electron chi connectivity index (χ3n) is 3.40. The number of allylic oxidation sites excluding steroid dienone is 1. The highest BCUT2D eigenvalue weighted by molar-refractivity contribution is 7.88. The van der Waals surface area contributed by atoms with Gasteiger partial charge in [-0.3, -0.25) is 4.18 Å². The van der Waals surface area contributed by atoms with Crippen LogP contribution in [0.25, 0.3) is 0 Å². The topological polar surface area (TPSA) is 43.4 Å². The van der Waals surface area contributed by atoms with Gasteiger partial charge in [0.05, 0.1) is 5.60 Å². The van der Waals surface area contributed by atoms with Gasteiger partial charge in [0, 0.05) is 5.92 Å². The quantitative estimate of drug-likeness (QED) is 0.526. The first-order valence-corrected chi connectivity index (χ1v) is 6.14. The Kier molecular flexibility index (Phi) is 2.57. The molecule has 1 aliphatic heterocycles. The van der Waals surface area contributed by atoms with Crippen molar-refractivity contribution in [1.29, 1.82) is 0 Å². The molecule has 0 radical (unpaired) electrons. The first-order valence-electron chi connectivity index (χ1n) is 4.73. The molecule has 2 unspecified atom stereocenters. The summed E-state index contributed by atoms with van der Waals surface area (Å²) in [6, 6.07) is 0. The third kappa shape index (κ3) is 1.41. The van der Waals surface area contributed by atoms with Crippen LogP contribution < -0.4 is 0 Å². The molecule has 0 aliphatic carbocycles. The van der Waals surface area contributed by atoms with E-state index in [1.165, 1.54) is 0 Å². The molecule has 0 bridgehead atoms. The van der Waals surface area contributed by atoms with Crippen LogP contribution in [0.3, 0.4) is 0 Å². The molecule has 1 aliphatic rings. The van der Waals surface area contributed by atoms with Crippen LogP contribution >= 0.6 is 0 Å². The SMILES string of the molecule is C=CCC1(C)C(C)C(C)(C)OS1(=O)=O. The van der Waals surface area contributed by atoms with E-state index in [4.69, 9.17) is 4.18 Å². The maximum atomic E-state index is 11.8. The van der Waals surface area contributed by atoms with Gasteiger partial charge in [0.1, 0.15) is 4.75 Å². The molecular weight excluding hydrogens is 200 g/mol. The molecule has 1 saturated heterocycles. The Hall–Kier alpha value is -0.350.